The Balaban J connectivity index is 1.89. The molecule has 2 fully saturated rings. The molecule has 0 radical (unpaired) electrons. The first-order valence-electron chi connectivity index (χ1n) is 12.5. The van der Waals surface area contributed by atoms with Crippen molar-refractivity contribution >= 4 is 19.9 Å². The number of benzene rings is 2. The van der Waals surface area contributed by atoms with Crippen molar-refractivity contribution in [2.75, 3.05) is 6.54 Å². The number of hydrogen-bond acceptors (Lipinski definition) is 4. The highest BCUT2D eigenvalue weighted by Crippen LogP contribution is 2.54. The molecule has 0 spiro atoms. The van der Waals surface area contributed by atoms with Gasteiger partial charge in [-0.05, 0) is 80.0 Å². The van der Waals surface area contributed by atoms with Crippen LogP contribution < -0.4 is 0 Å². The van der Waals surface area contributed by atoms with E-state index in [9.17, 15) is 34.4 Å². The fourth-order valence-electron chi connectivity index (χ4n) is 6.19. The molecule has 2 aromatic rings. The van der Waals surface area contributed by atoms with E-state index in [-0.39, 0.29) is 38.1 Å². The minimum atomic E-state index is -4.69. The predicted molar refractivity (Wildman–Crippen MR) is 137 cm³/mol. The van der Waals surface area contributed by atoms with Crippen LogP contribution in [-0.2, 0) is 30.8 Å². The van der Waals surface area contributed by atoms with Gasteiger partial charge in [0, 0.05) is 18.2 Å². The third-order valence-electron chi connectivity index (χ3n) is 8.07. The second-order valence-corrected chi connectivity index (χ2v) is 15.0. The van der Waals surface area contributed by atoms with Crippen LogP contribution in [0.15, 0.2) is 60.0 Å². The highest BCUT2D eigenvalue weighted by molar-refractivity contribution is 7.92. The van der Waals surface area contributed by atoms with E-state index in [0.29, 0.717) is 12.1 Å². The van der Waals surface area contributed by atoms with Crippen LogP contribution in [-0.4, -0.2) is 39.0 Å². The summed E-state index contributed by atoms with van der Waals surface area (Å²) in [5.41, 5.74) is -1.46. The third-order valence-corrected chi connectivity index (χ3v) is 13.2. The van der Waals surface area contributed by atoms with Crippen LogP contribution in [0.5, 0.6) is 0 Å². The zero-order chi connectivity index (χ0) is 29.0. The van der Waals surface area contributed by atoms with E-state index in [0.717, 1.165) is 30.3 Å². The van der Waals surface area contributed by atoms with Gasteiger partial charge in [0.05, 0.1) is 15.7 Å². The average Bonchev–Trinajstić information content (AvgIpc) is 2.86. The Bertz CT molecular complexity index is 1460. The number of halogens is 5. The highest BCUT2D eigenvalue weighted by atomic mass is 32.2. The van der Waals surface area contributed by atoms with Crippen molar-refractivity contribution in [2.45, 2.75) is 66.6 Å². The van der Waals surface area contributed by atoms with E-state index >= 15 is 4.39 Å². The molecular weight excluding hydrogens is 561 g/mol. The molecule has 2 aliphatic rings. The molecule has 0 bridgehead atoms. The lowest BCUT2D eigenvalue weighted by Gasteiger charge is -2.52. The van der Waals surface area contributed by atoms with Crippen LogP contribution in [0.2, 0.25) is 0 Å². The second kappa shape index (κ2) is 10.3. The monoisotopic (exact) mass is 591 g/mol. The summed E-state index contributed by atoms with van der Waals surface area (Å²) in [5.74, 6) is -2.68. The molecule has 12 heteroatoms. The van der Waals surface area contributed by atoms with Gasteiger partial charge in [0.2, 0.25) is 10.0 Å². The Hall–Kier alpha value is -2.31. The number of fused-ring (bicyclic) bond motifs is 1. The Kier molecular flexibility index (Phi) is 7.81. The molecule has 4 rings (SSSR count). The normalized spacial score (nSPS) is 27.7. The number of sulfonamides is 1. The van der Waals surface area contributed by atoms with E-state index in [1.807, 2.05) is 0 Å². The van der Waals surface area contributed by atoms with Gasteiger partial charge in [-0.1, -0.05) is 19.9 Å². The van der Waals surface area contributed by atoms with Gasteiger partial charge in [0.15, 0.2) is 9.84 Å². The van der Waals surface area contributed by atoms with Crippen LogP contribution in [0.4, 0.5) is 22.0 Å². The standard InChI is InChI=1S/C27H30F5NO4S2/c1-4-13-33-24-11-12-26(22-15-20(28)7-10-23(22)29,16-18(24)14-25(17(2)3)39(33,36)37)38(34,35)21-8-5-19(6-9-21)27(30,31)32/h4-10,15,17-18,24-25H,1,11-14,16H2,2-3H3/t18?,24?,25-,26?/m1/s1. The first-order chi connectivity index (χ1) is 18.1. The number of sulfone groups is 1. The van der Waals surface area contributed by atoms with Crippen LogP contribution in [0.25, 0.3) is 0 Å². The summed E-state index contributed by atoms with van der Waals surface area (Å²) < 4.78 is 124. The molecule has 39 heavy (non-hydrogen) atoms. The second-order valence-electron chi connectivity index (χ2n) is 10.6. The van der Waals surface area contributed by atoms with E-state index in [1.165, 1.54) is 10.4 Å². The summed E-state index contributed by atoms with van der Waals surface area (Å²) >= 11 is 0. The quantitative estimate of drug-likeness (QED) is 0.302. The molecule has 3 unspecified atom stereocenters. The minimum Gasteiger partial charge on any atom is -0.223 e. The Morgan fingerprint density at radius 2 is 1.77 bits per heavy atom. The van der Waals surface area contributed by atoms with Crippen LogP contribution in [0.3, 0.4) is 0 Å². The molecule has 1 saturated carbocycles. The summed E-state index contributed by atoms with van der Waals surface area (Å²) in [5, 5.41) is -0.833. The molecule has 1 heterocycles. The smallest absolute Gasteiger partial charge is 0.223 e. The molecule has 0 N–H and O–H groups in total. The van der Waals surface area contributed by atoms with Crippen LogP contribution in [0.1, 0.15) is 50.7 Å². The summed E-state index contributed by atoms with van der Waals surface area (Å²) in [6.45, 7) is 7.16. The summed E-state index contributed by atoms with van der Waals surface area (Å²) in [6, 6.07) is 4.85. The lowest BCUT2D eigenvalue weighted by atomic mass is 9.71. The fourth-order valence-corrected chi connectivity index (χ4v) is 10.9. The van der Waals surface area contributed by atoms with E-state index in [4.69, 9.17) is 0 Å². The molecule has 5 nitrogen and oxygen atoms in total. The lowest BCUT2D eigenvalue weighted by Crippen LogP contribution is -2.59. The zero-order valence-electron chi connectivity index (χ0n) is 21.5. The SMILES string of the molecule is C=CCN1C2CCC(c3cc(F)ccc3F)(S(=O)(=O)c3ccc(C(F)(F)F)cc3)CC2C[C@H](C(C)C)S1(=O)=O. The van der Waals surface area contributed by atoms with Gasteiger partial charge in [0.25, 0.3) is 0 Å². The van der Waals surface area contributed by atoms with Gasteiger partial charge in [0.1, 0.15) is 16.4 Å². The van der Waals surface area contributed by atoms with Gasteiger partial charge < -0.3 is 0 Å². The molecular formula is C27H30F5NO4S2. The number of alkyl halides is 3. The van der Waals surface area contributed by atoms with Crippen molar-refractivity contribution in [1.29, 1.82) is 0 Å². The van der Waals surface area contributed by atoms with Crippen LogP contribution in [0, 0.1) is 23.5 Å². The van der Waals surface area contributed by atoms with Crippen molar-refractivity contribution in [3.05, 3.63) is 77.9 Å². The molecule has 0 amide bonds. The van der Waals surface area contributed by atoms with Crippen molar-refractivity contribution in [2.24, 2.45) is 11.8 Å². The molecule has 1 aliphatic heterocycles. The molecule has 0 aromatic heterocycles. The predicted octanol–water partition coefficient (Wildman–Crippen LogP) is 6.07. The van der Waals surface area contributed by atoms with E-state index < -0.39 is 75.7 Å². The highest BCUT2D eigenvalue weighted by Gasteiger charge is 2.57. The van der Waals surface area contributed by atoms with Crippen molar-refractivity contribution in [3.63, 3.8) is 0 Å². The number of rotatable bonds is 6. The van der Waals surface area contributed by atoms with Gasteiger partial charge in [-0.25, -0.2) is 25.6 Å². The lowest BCUT2D eigenvalue weighted by molar-refractivity contribution is -0.137. The summed E-state index contributed by atoms with van der Waals surface area (Å²) in [6.07, 6.45) is -3.59. The van der Waals surface area contributed by atoms with E-state index in [1.54, 1.807) is 13.8 Å². The molecule has 4 atom stereocenters. The van der Waals surface area contributed by atoms with E-state index in [2.05, 4.69) is 6.58 Å². The maximum absolute atomic E-state index is 15.3. The molecule has 214 valence electrons. The fraction of sp³-hybridized carbons (Fsp3) is 0.481. The number of hydrogen-bond donors (Lipinski definition) is 0. The molecule has 1 aliphatic carbocycles. The topological polar surface area (TPSA) is 71.5 Å². The first-order valence-corrected chi connectivity index (χ1v) is 15.5. The van der Waals surface area contributed by atoms with Gasteiger partial charge in [-0.3, -0.25) is 0 Å². The molecule has 1 saturated heterocycles. The summed E-state index contributed by atoms with van der Waals surface area (Å²) in [7, 11) is -8.33. The maximum Gasteiger partial charge on any atom is 0.416 e. The Morgan fingerprint density at radius 3 is 2.33 bits per heavy atom. The van der Waals surface area contributed by atoms with Crippen molar-refractivity contribution in [3.8, 4) is 0 Å². The van der Waals surface area contributed by atoms with Gasteiger partial charge in [-0.2, -0.15) is 17.5 Å². The zero-order valence-corrected chi connectivity index (χ0v) is 23.1. The van der Waals surface area contributed by atoms with Crippen molar-refractivity contribution in [1.82, 2.24) is 4.31 Å². The maximum atomic E-state index is 15.3. The van der Waals surface area contributed by atoms with Gasteiger partial charge >= 0.3 is 6.18 Å². The summed E-state index contributed by atoms with van der Waals surface area (Å²) in [4.78, 5) is -0.454. The van der Waals surface area contributed by atoms with Crippen LogP contribution >= 0.6 is 0 Å². The van der Waals surface area contributed by atoms with Crippen molar-refractivity contribution < 1.29 is 38.8 Å². The average molecular weight is 592 g/mol. The number of nitrogens with zero attached hydrogens (tertiary/aromatic N) is 1. The minimum absolute atomic E-state index is 0.0136. The first kappa shape index (κ1) is 29.7. The third kappa shape index (κ3) is 5.04. The Morgan fingerprint density at radius 1 is 1.13 bits per heavy atom. The molecule has 2 aromatic carbocycles. The van der Waals surface area contributed by atoms with Gasteiger partial charge in [-0.15, -0.1) is 6.58 Å². The largest absolute Gasteiger partial charge is 0.416 e. The Labute approximate surface area is 225 Å².